The molecule has 0 saturated heterocycles. The highest BCUT2D eigenvalue weighted by Crippen LogP contribution is 2.21. The number of aromatic nitrogens is 2. The molecule has 3 aromatic carbocycles. The number of amides is 1. The van der Waals surface area contributed by atoms with Crippen molar-refractivity contribution in [3.8, 4) is 5.69 Å². The van der Waals surface area contributed by atoms with Crippen molar-refractivity contribution in [3.63, 3.8) is 0 Å². The van der Waals surface area contributed by atoms with Crippen molar-refractivity contribution in [2.24, 2.45) is 0 Å². The predicted octanol–water partition coefficient (Wildman–Crippen LogP) is 5.52. The van der Waals surface area contributed by atoms with Crippen LogP contribution in [0.3, 0.4) is 0 Å². The number of H-pyrrole nitrogens is 1. The SMILES string of the molecule is O=C(Nc1ccccc1Cc1ccccc1)c1c[nH]c(=S)n1-c1ccc(F)cc1. The van der Waals surface area contributed by atoms with Crippen molar-refractivity contribution < 1.29 is 9.18 Å². The van der Waals surface area contributed by atoms with Gasteiger partial charge in [-0.25, -0.2) is 4.39 Å². The Morgan fingerprint density at radius 1 is 0.966 bits per heavy atom. The van der Waals surface area contributed by atoms with Crippen LogP contribution >= 0.6 is 12.2 Å². The maximum atomic E-state index is 13.3. The third-order valence-electron chi connectivity index (χ3n) is 4.60. The number of benzene rings is 3. The largest absolute Gasteiger partial charge is 0.336 e. The van der Waals surface area contributed by atoms with E-state index in [0.29, 0.717) is 22.6 Å². The Bertz CT molecular complexity index is 1200. The van der Waals surface area contributed by atoms with Gasteiger partial charge in [-0.2, -0.15) is 0 Å². The molecular weight excluding hydrogens is 385 g/mol. The van der Waals surface area contributed by atoms with E-state index in [-0.39, 0.29) is 11.7 Å². The first-order chi connectivity index (χ1) is 14.1. The van der Waals surface area contributed by atoms with Crippen LogP contribution in [-0.2, 0) is 6.42 Å². The number of anilines is 1. The van der Waals surface area contributed by atoms with Gasteiger partial charge in [0.15, 0.2) is 4.77 Å². The summed E-state index contributed by atoms with van der Waals surface area (Å²) in [5, 5.41) is 2.98. The molecule has 0 bridgehead atoms. The molecule has 0 radical (unpaired) electrons. The minimum absolute atomic E-state index is 0.304. The fourth-order valence-corrected chi connectivity index (χ4v) is 3.44. The normalized spacial score (nSPS) is 10.7. The highest BCUT2D eigenvalue weighted by atomic mass is 32.1. The van der Waals surface area contributed by atoms with Crippen LogP contribution in [0, 0.1) is 10.6 Å². The van der Waals surface area contributed by atoms with Gasteiger partial charge in [0.2, 0.25) is 0 Å². The smallest absolute Gasteiger partial charge is 0.274 e. The molecule has 29 heavy (non-hydrogen) atoms. The molecule has 0 atom stereocenters. The first kappa shape index (κ1) is 18.8. The summed E-state index contributed by atoms with van der Waals surface area (Å²) in [7, 11) is 0. The number of rotatable bonds is 5. The number of hydrogen-bond acceptors (Lipinski definition) is 2. The van der Waals surface area contributed by atoms with Gasteiger partial charge in [-0.1, -0.05) is 48.5 Å². The maximum Gasteiger partial charge on any atom is 0.274 e. The molecule has 0 saturated carbocycles. The Hall–Kier alpha value is -3.51. The molecule has 0 aliphatic carbocycles. The van der Waals surface area contributed by atoms with Crippen LogP contribution in [0.2, 0.25) is 0 Å². The minimum atomic E-state index is -0.350. The van der Waals surface area contributed by atoms with E-state index in [2.05, 4.69) is 22.4 Å². The summed E-state index contributed by atoms with van der Waals surface area (Å²) in [6.07, 6.45) is 2.26. The Morgan fingerprint density at radius 2 is 1.66 bits per heavy atom. The van der Waals surface area contributed by atoms with Crippen molar-refractivity contribution in [1.82, 2.24) is 9.55 Å². The molecule has 2 N–H and O–H groups in total. The van der Waals surface area contributed by atoms with Gasteiger partial charge in [-0.15, -0.1) is 0 Å². The number of carbonyl (C=O) groups excluding carboxylic acids is 1. The standard InChI is InChI=1S/C23H18FN3OS/c24-18-10-12-19(13-11-18)27-21(15-25-23(27)29)22(28)26-20-9-5-4-8-17(20)14-16-6-2-1-3-7-16/h1-13,15H,14H2,(H,25,29)(H,26,28). The quantitative estimate of drug-likeness (QED) is 0.431. The van der Waals surface area contributed by atoms with E-state index >= 15 is 0 Å². The second-order valence-corrected chi connectivity index (χ2v) is 6.95. The number of hydrogen-bond donors (Lipinski definition) is 2. The summed E-state index contributed by atoms with van der Waals surface area (Å²) in [5.41, 5.74) is 3.86. The van der Waals surface area contributed by atoms with E-state index in [1.54, 1.807) is 22.9 Å². The van der Waals surface area contributed by atoms with Crippen molar-refractivity contribution >= 4 is 23.8 Å². The second kappa shape index (κ2) is 8.24. The van der Waals surface area contributed by atoms with Crippen LogP contribution in [-0.4, -0.2) is 15.5 Å². The van der Waals surface area contributed by atoms with E-state index in [1.165, 1.54) is 12.1 Å². The van der Waals surface area contributed by atoms with E-state index in [0.717, 1.165) is 16.8 Å². The first-order valence-electron chi connectivity index (χ1n) is 9.11. The topological polar surface area (TPSA) is 49.8 Å². The van der Waals surface area contributed by atoms with Crippen molar-refractivity contribution in [2.75, 3.05) is 5.32 Å². The van der Waals surface area contributed by atoms with Crippen LogP contribution in [0.5, 0.6) is 0 Å². The van der Waals surface area contributed by atoms with E-state index in [4.69, 9.17) is 12.2 Å². The Balaban J connectivity index is 1.63. The molecule has 6 heteroatoms. The average Bonchev–Trinajstić information content (AvgIpc) is 3.12. The molecule has 1 amide bonds. The monoisotopic (exact) mass is 403 g/mol. The summed E-state index contributed by atoms with van der Waals surface area (Å²) in [6, 6.07) is 23.6. The summed E-state index contributed by atoms with van der Waals surface area (Å²) < 4.78 is 15.2. The van der Waals surface area contributed by atoms with Crippen LogP contribution in [0.4, 0.5) is 10.1 Å². The predicted molar refractivity (Wildman–Crippen MR) is 115 cm³/mol. The van der Waals surface area contributed by atoms with Crippen molar-refractivity contribution in [2.45, 2.75) is 6.42 Å². The van der Waals surface area contributed by atoms with Crippen molar-refractivity contribution in [3.05, 3.63) is 112 Å². The summed E-state index contributed by atoms with van der Waals surface area (Å²) >= 11 is 5.32. The fraction of sp³-hybridized carbons (Fsp3) is 0.0435. The van der Waals surface area contributed by atoms with E-state index in [1.807, 2.05) is 42.5 Å². The van der Waals surface area contributed by atoms with Gasteiger partial charge < -0.3 is 10.3 Å². The molecule has 0 fully saturated rings. The number of nitrogens with zero attached hydrogens (tertiary/aromatic N) is 1. The number of halogens is 1. The van der Waals surface area contributed by atoms with Gasteiger partial charge in [0.05, 0.1) is 0 Å². The maximum absolute atomic E-state index is 13.3. The third kappa shape index (κ3) is 4.17. The average molecular weight is 403 g/mol. The molecule has 1 heterocycles. The number of imidazole rings is 1. The van der Waals surface area contributed by atoms with Crippen LogP contribution in [0.1, 0.15) is 21.6 Å². The van der Waals surface area contributed by atoms with Gasteiger partial charge in [-0.05, 0) is 60.1 Å². The molecule has 0 unspecified atom stereocenters. The first-order valence-corrected chi connectivity index (χ1v) is 9.52. The summed E-state index contributed by atoms with van der Waals surface area (Å²) in [5.74, 6) is -0.654. The number of para-hydroxylation sites is 1. The van der Waals surface area contributed by atoms with Gasteiger partial charge in [0.25, 0.3) is 5.91 Å². The Morgan fingerprint density at radius 3 is 2.41 bits per heavy atom. The lowest BCUT2D eigenvalue weighted by Crippen LogP contribution is -2.17. The lowest BCUT2D eigenvalue weighted by atomic mass is 10.0. The minimum Gasteiger partial charge on any atom is -0.336 e. The number of carbonyl (C=O) groups is 1. The zero-order valence-corrected chi connectivity index (χ0v) is 16.2. The highest BCUT2D eigenvalue weighted by Gasteiger charge is 2.16. The van der Waals surface area contributed by atoms with Gasteiger partial charge in [-0.3, -0.25) is 9.36 Å². The number of aromatic amines is 1. The molecule has 4 nitrogen and oxygen atoms in total. The molecule has 144 valence electrons. The molecule has 4 aromatic rings. The lowest BCUT2D eigenvalue weighted by Gasteiger charge is -2.13. The highest BCUT2D eigenvalue weighted by molar-refractivity contribution is 7.71. The zero-order chi connectivity index (χ0) is 20.2. The zero-order valence-electron chi connectivity index (χ0n) is 15.4. The van der Waals surface area contributed by atoms with Crippen LogP contribution in [0.25, 0.3) is 5.69 Å². The Labute approximate surface area is 172 Å². The molecule has 0 aliphatic rings. The Kier molecular flexibility index (Phi) is 5.35. The molecule has 4 rings (SSSR count). The summed E-state index contributed by atoms with van der Waals surface area (Å²) in [6.45, 7) is 0. The molecule has 0 aliphatic heterocycles. The van der Waals surface area contributed by atoms with Gasteiger partial charge >= 0.3 is 0 Å². The van der Waals surface area contributed by atoms with Crippen LogP contribution < -0.4 is 5.32 Å². The van der Waals surface area contributed by atoms with E-state index in [9.17, 15) is 9.18 Å². The van der Waals surface area contributed by atoms with E-state index < -0.39 is 0 Å². The van der Waals surface area contributed by atoms with Crippen LogP contribution in [0.15, 0.2) is 85.1 Å². The summed E-state index contributed by atoms with van der Waals surface area (Å²) in [4.78, 5) is 15.9. The van der Waals surface area contributed by atoms with Gasteiger partial charge in [0, 0.05) is 17.6 Å². The number of nitrogens with one attached hydrogen (secondary N) is 2. The fourth-order valence-electron chi connectivity index (χ4n) is 3.18. The third-order valence-corrected chi connectivity index (χ3v) is 4.90. The van der Waals surface area contributed by atoms with Gasteiger partial charge in [0.1, 0.15) is 11.5 Å². The van der Waals surface area contributed by atoms with Crippen molar-refractivity contribution in [1.29, 1.82) is 0 Å². The molecular formula is C23H18FN3OS. The lowest BCUT2D eigenvalue weighted by molar-refractivity contribution is 0.102. The second-order valence-electron chi connectivity index (χ2n) is 6.56. The molecule has 0 spiro atoms. The molecule has 1 aromatic heterocycles.